The molecule has 2 N–H and O–H groups in total. The first-order valence-electron chi connectivity index (χ1n) is 14.6. The lowest BCUT2D eigenvalue weighted by molar-refractivity contribution is -0.116. The van der Waals surface area contributed by atoms with Crippen molar-refractivity contribution in [1.82, 2.24) is 15.2 Å². The molecule has 0 saturated carbocycles. The summed E-state index contributed by atoms with van der Waals surface area (Å²) in [4.78, 5) is 34.0. The van der Waals surface area contributed by atoms with Gasteiger partial charge in [-0.05, 0) is 87.0 Å². The Balaban J connectivity index is 1.62. The van der Waals surface area contributed by atoms with E-state index in [0.717, 1.165) is 67.0 Å². The summed E-state index contributed by atoms with van der Waals surface area (Å²) in [6, 6.07) is 10.2. The number of carbonyl (C=O) groups excluding carboxylic acids is 2. The van der Waals surface area contributed by atoms with Crippen LogP contribution in [0.4, 0.5) is 5.69 Å². The van der Waals surface area contributed by atoms with E-state index >= 15 is 0 Å². The lowest BCUT2D eigenvalue weighted by Crippen LogP contribution is -2.34. The van der Waals surface area contributed by atoms with Crippen molar-refractivity contribution in [3.8, 4) is 0 Å². The highest BCUT2D eigenvalue weighted by molar-refractivity contribution is 5.97. The maximum absolute atomic E-state index is 13.4. The first-order chi connectivity index (χ1) is 18.6. The second-order valence-electron chi connectivity index (χ2n) is 11.8. The largest absolute Gasteiger partial charge is 0.358 e. The van der Waals surface area contributed by atoms with E-state index < -0.39 is 0 Å². The van der Waals surface area contributed by atoms with Crippen LogP contribution < -0.4 is 10.2 Å². The summed E-state index contributed by atoms with van der Waals surface area (Å²) in [6.45, 7) is 16.4. The second kappa shape index (κ2) is 12.8. The van der Waals surface area contributed by atoms with E-state index in [4.69, 9.17) is 0 Å². The summed E-state index contributed by atoms with van der Waals surface area (Å²) in [7, 11) is 0. The fourth-order valence-corrected chi connectivity index (χ4v) is 5.90. The molecular formula is C33H46N4O2. The van der Waals surface area contributed by atoms with Crippen LogP contribution in [-0.4, -0.2) is 41.3 Å². The summed E-state index contributed by atoms with van der Waals surface area (Å²) in [5.74, 6) is 0.507. The number of H-pyrrole nitrogens is 1. The number of aromatic nitrogens is 1. The van der Waals surface area contributed by atoms with Gasteiger partial charge in [-0.1, -0.05) is 44.7 Å². The Morgan fingerprint density at radius 3 is 2.41 bits per heavy atom. The number of hydrogen-bond donors (Lipinski definition) is 2. The quantitative estimate of drug-likeness (QED) is 0.381. The second-order valence-corrected chi connectivity index (χ2v) is 11.8. The van der Waals surface area contributed by atoms with Gasteiger partial charge in [0.1, 0.15) is 0 Å². The van der Waals surface area contributed by atoms with Crippen LogP contribution in [0.3, 0.4) is 0 Å². The molecule has 3 aromatic rings. The van der Waals surface area contributed by atoms with Gasteiger partial charge in [-0.2, -0.15) is 0 Å². The molecule has 1 aliphatic heterocycles. The van der Waals surface area contributed by atoms with Gasteiger partial charge in [-0.15, -0.1) is 0 Å². The molecule has 2 aromatic carbocycles. The number of rotatable bonds is 5. The third-order valence-corrected chi connectivity index (χ3v) is 7.97. The minimum absolute atomic E-state index is 0.0564. The third kappa shape index (κ3) is 7.10. The van der Waals surface area contributed by atoms with Crippen molar-refractivity contribution < 1.29 is 9.59 Å². The van der Waals surface area contributed by atoms with Crippen LogP contribution in [0, 0.1) is 26.7 Å². The van der Waals surface area contributed by atoms with Gasteiger partial charge in [0.25, 0.3) is 5.91 Å². The molecule has 0 fully saturated rings. The van der Waals surface area contributed by atoms with Crippen LogP contribution in [0.2, 0.25) is 0 Å². The Hall–Kier alpha value is -3.12. The molecule has 210 valence electrons. The van der Waals surface area contributed by atoms with Gasteiger partial charge in [0.2, 0.25) is 5.91 Å². The number of carbonyl (C=O) groups is 2. The zero-order valence-corrected chi connectivity index (χ0v) is 24.7. The molecular weight excluding hydrogens is 484 g/mol. The van der Waals surface area contributed by atoms with Gasteiger partial charge in [-0.3, -0.25) is 14.5 Å². The molecule has 6 nitrogen and oxygen atoms in total. The number of nitrogens with zero attached hydrogens (tertiary/aromatic N) is 2. The topological polar surface area (TPSA) is 68.4 Å². The van der Waals surface area contributed by atoms with Crippen molar-refractivity contribution in [2.75, 3.05) is 24.5 Å². The van der Waals surface area contributed by atoms with E-state index in [-0.39, 0.29) is 11.8 Å². The summed E-state index contributed by atoms with van der Waals surface area (Å²) in [6.07, 6.45) is 5.74. The number of amides is 2. The van der Waals surface area contributed by atoms with Crippen molar-refractivity contribution in [3.05, 3.63) is 63.8 Å². The van der Waals surface area contributed by atoms with Crippen LogP contribution in [0.1, 0.15) is 91.2 Å². The van der Waals surface area contributed by atoms with Gasteiger partial charge < -0.3 is 15.2 Å². The Bertz CT molecular complexity index is 1320. The molecule has 0 radical (unpaired) electrons. The molecule has 2 heterocycles. The van der Waals surface area contributed by atoms with E-state index in [0.29, 0.717) is 18.0 Å². The fourth-order valence-electron chi connectivity index (χ4n) is 5.90. The van der Waals surface area contributed by atoms with Gasteiger partial charge >= 0.3 is 0 Å². The number of benzene rings is 2. The summed E-state index contributed by atoms with van der Waals surface area (Å²) < 4.78 is 0. The first kappa shape index (κ1) is 28.9. The summed E-state index contributed by atoms with van der Waals surface area (Å²) in [5, 5.41) is 4.38. The molecule has 39 heavy (non-hydrogen) atoms. The average Bonchev–Trinajstić information content (AvgIpc) is 3.16. The number of anilines is 1. The predicted molar refractivity (Wildman–Crippen MR) is 161 cm³/mol. The highest BCUT2D eigenvalue weighted by Crippen LogP contribution is 2.28. The standard InChI is InChI=1S/C33H46N4O2/c1-22(2)20-36-14-10-8-7-9-11-15-37(26(6)38)31-13-12-27(18-29(31)21-36)33(39)34-19-28-16-23(3)17-30-24(4)25(5)35-32(28)30/h12-13,16-18,22,35H,7-11,14-15,19-21H2,1-6H3,(H,34,39). The Kier molecular flexibility index (Phi) is 9.49. The van der Waals surface area contributed by atoms with Crippen LogP contribution in [0.15, 0.2) is 30.3 Å². The highest BCUT2D eigenvalue weighted by Gasteiger charge is 2.21. The Labute approximate surface area is 234 Å². The fraction of sp³-hybridized carbons (Fsp3) is 0.515. The lowest BCUT2D eigenvalue weighted by Gasteiger charge is -2.30. The Morgan fingerprint density at radius 2 is 1.69 bits per heavy atom. The van der Waals surface area contributed by atoms with E-state index in [9.17, 15) is 9.59 Å². The van der Waals surface area contributed by atoms with E-state index in [1.165, 1.54) is 35.8 Å². The zero-order chi connectivity index (χ0) is 28.1. The van der Waals surface area contributed by atoms with Crippen molar-refractivity contribution in [3.63, 3.8) is 0 Å². The smallest absolute Gasteiger partial charge is 0.251 e. The highest BCUT2D eigenvalue weighted by atomic mass is 16.2. The number of hydrogen-bond acceptors (Lipinski definition) is 3. The van der Waals surface area contributed by atoms with Gasteiger partial charge in [0.05, 0.1) is 5.52 Å². The lowest BCUT2D eigenvalue weighted by atomic mass is 10.0. The summed E-state index contributed by atoms with van der Waals surface area (Å²) >= 11 is 0. The van der Waals surface area contributed by atoms with Crippen molar-refractivity contribution in [1.29, 1.82) is 0 Å². The predicted octanol–water partition coefficient (Wildman–Crippen LogP) is 6.80. The van der Waals surface area contributed by atoms with E-state index in [1.54, 1.807) is 6.92 Å². The number of nitrogens with one attached hydrogen (secondary N) is 2. The van der Waals surface area contributed by atoms with E-state index in [2.05, 4.69) is 62.0 Å². The van der Waals surface area contributed by atoms with Gasteiger partial charge in [0, 0.05) is 55.4 Å². The van der Waals surface area contributed by atoms with Crippen LogP contribution in [-0.2, 0) is 17.9 Å². The minimum Gasteiger partial charge on any atom is -0.358 e. The summed E-state index contributed by atoms with van der Waals surface area (Å²) in [5.41, 5.74) is 8.39. The van der Waals surface area contributed by atoms with Gasteiger partial charge in [-0.25, -0.2) is 0 Å². The SMILES string of the molecule is CC(=O)N1CCCCCCCN(CC(C)C)Cc2cc(C(=O)NCc3cc(C)cc4c(C)c(C)[nH]c34)ccc21. The normalized spacial score (nSPS) is 15.6. The third-order valence-electron chi connectivity index (χ3n) is 7.97. The molecule has 2 amide bonds. The molecule has 6 heteroatoms. The maximum atomic E-state index is 13.4. The number of aromatic amines is 1. The molecule has 0 aliphatic carbocycles. The number of fused-ring (bicyclic) bond motifs is 2. The van der Waals surface area contributed by atoms with Crippen LogP contribution in [0.25, 0.3) is 10.9 Å². The zero-order valence-electron chi connectivity index (χ0n) is 24.7. The molecule has 0 unspecified atom stereocenters. The molecule has 0 spiro atoms. The molecule has 4 rings (SSSR count). The Morgan fingerprint density at radius 1 is 0.974 bits per heavy atom. The number of aryl methyl sites for hydroxylation is 3. The molecule has 0 atom stereocenters. The molecule has 0 saturated heterocycles. The average molecular weight is 531 g/mol. The maximum Gasteiger partial charge on any atom is 0.251 e. The van der Waals surface area contributed by atoms with Crippen molar-refractivity contribution in [2.45, 2.75) is 86.7 Å². The van der Waals surface area contributed by atoms with E-state index in [1.807, 2.05) is 23.1 Å². The van der Waals surface area contributed by atoms with Crippen LogP contribution in [0.5, 0.6) is 0 Å². The van der Waals surface area contributed by atoms with Gasteiger partial charge in [0.15, 0.2) is 0 Å². The van der Waals surface area contributed by atoms with Crippen molar-refractivity contribution >= 4 is 28.4 Å². The molecule has 1 aromatic heterocycles. The van der Waals surface area contributed by atoms with Crippen molar-refractivity contribution in [2.24, 2.45) is 5.92 Å². The molecule has 1 aliphatic rings. The monoisotopic (exact) mass is 530 g/mol. The minimum atomic E-state index is -0.0941. The van der Waals surface area contributed by atoms with Crippen LogP contribution >= 0.6 is 0 Å². The molecule has 0 bridgehead atoms. The first-order valence-corrected chi connectivity index (χ1v) is 14.6.